The highest BCUT2D eigenvalue weighted by Crippen LogP contribution is 2.35. The first kappa shape index (κ1) is 18.2. The fourth-order valence-electron chi connectivity index (χ4n) is 2.98. The van der Waals surface area contributed by atoms with Gasteiger partial charge in [0, 0.05) is 12.3 Å². The minimum atomic E-state index is 0.255. The van der Waals surface area contributed by atoms with E-state index in [0.29, 0.717) is 15.8 Å². The molecule has 2 unspecified atom stereocenters. The number of benzene rings is 1. The normalized spacial score (nSPS) is 15.7. The molecule has 0 aliphatic heterocycles. The Kier molecular flexibility index (Phi) is 7.47. The fraction of sp³-hybridized carbons (Fsp3) is 0.611. The van der Waals surface area contributed by atoms with Gasteiger partial charge in [-0.1, -0.05) is 57.7 Å². The molecule has 2 nitrogen and oxygen atoms in total. The molecule has 1 aromatic rings. The van der Waals surface area contributed by atoms with E-state index in [0.717, 1.165) is 30.8 Å². The van der Waals surface area contributed by atoms with Crippen LogP contribution in [0.4, 0.5) is 5.69 Å². The second-order valence-corrected chi connectivity index (χ2v) is 7.32. The van der Waals surface area contributed by atoms with Crippen molar-refractivity contribution in [3.8, 4) is 0 Å². The quantitative estimate of drug-likeness (QED) is 0.492. The van der Waals surface area contributed by atoms with E-state index in [1.165, 1.54) is 0 Å². The Hall–Kier alpha value is -0.800. The van der Waals surface area contributed by atoms with Crippen LogP contribution in [-0.4, -0.2) is 23.6 Å². The molecule has 1 rings (SSSR count). The molecule has 0 aliphatic carbocycles. The van der Waals surface area contributed by atoms with Gasteiger partial charge < -0.3 is 0 Å². The third-order valence-corrected chi connectivity index (χ3v) is 5.51. The van der Waals surface area contributed by atoms with Gasteiger partial charge in [-0.3, -0.25) is 0 Å². The Morgan fingerprint density at radius 3 is 2.24 bits per heavy atom. The van der Waals surface area contributed by atoms with E-state index in [2.05, 4.69) is 39.8 Å². The van der Waals surface area contributed by atoms with Crippen LogP contribution < -0.4 is 4.48 Å². The van der Waals surface area contributed by atoms with Crippen LogP contribution >= 0.6 is 11.8 Å². The van der Waals surface area contributed by atoms with Gasteiger partial charge in [0.1, 0.15) is 11.1 Å². The highest BCUT2D eigenvalue weighted by Gasteiger charge is 2.43. The monoisotopic (exact) mass is 308 g/mol. The lowest BCUT2D eigenvalue weighted by Crippen LogP contribution is -2.60. The maximum Gasteiger partial charge on any atom is 0.316 e. The number of para-hydroxylation sites is 1. The van der Waals surface area contributed by atoms with Crippen molar-refractivity contribution in [3.05, 3.63) is 30.3 Å². The zero-order chi connectivity index (χ0) is 15.9. The summed E-state index contributed by atoms with van der Waals surface area (Å²) in [7, 11) is 0. The molecule has 3 heteroatoms. The maximum atomic E-state index is 12.7. The van der Waals surface area contributed by atoms with Crippen molar-refractivity contribution in [1.29, 1.82) is 0 Å². The van der Waals surface area contributed by atoms with Crippen LogP contribution in [0.1, 0.15) is 47.5 Å². The van der Waals surface area contributed by atoms with Crippen LogP contribution in [0.15, 0.2) is 30.3 Å². The lowest BCUT2D eigenvalue weighted by Gasteiger charge is -2.42. The topological polar surface area (TPSA) is 17.1 Å². The number of carbonyl (C=O) groups is 1. The van der Waals surface area contributed by atoms with Crippen molar-refractivity contribution in [2.75, 3.05) is 12.3 Å². The zero-order valence-electron chi connectivity index (χ0n) is 14.1. The van der Waals surface area contributed by atoms with Crippen molar-refractivity contribution < 1.29 is 4.79 Å². The van der Waals surface area contributed by atoms with E-state index >= 15 is 0 Å². The standard InChI is InChI=1S/C18H30NOS/c1-6-13-21-18(7-2)19(16(5)20,14-15(3)4)17-11-9-8-10-12-17/h8-12,15,18H,6-7,13-14H2,1-5H3/q+1. The van der Waals surface area contributed by atoms with Crippen LogP contribution in [0.3, 0.4) is 0 Å². The zero-order valence-corrected chi connectivity index (χ0v) is 15.0. The molecule has 0 heterocycles. The van der Waals surface area contributed by atoms with E-state index in [4.69, 9.17) is 0 Å². The second kappa shape index (κ2) is 8.60. The largest absolute Gasteiger partial charge is 0.316 e. The van der Waals surface area contributed by atoms with Gasteiger partial charge in [-0.2, -0.15) is 0 Å². The van der Waals surface area contributed by atoms with Crippen LogP contribution in [-0.2, 0) is 4.79 Å². The summed E-state index contributed by atoms with van der Waals surface area (Å²) in [5, 5.41) is 0.298. The number of nitrogens with zero attached hydrogens (tertiary/aromatic N) is 1. The van der Waals surface area contributed by atoms with E-state index in [-0.39, 0.29) is 5.91 Å². The smallest absolute Gasteiger partial charge is 0.231 e. The van der Waals surface area contributed by atoms with Crippen molar-refractivity contribution in [2.24, 2.45) is 5.92 Å². The molecule has 2 atom stereocenters. The van der Waals surface area contributed by atoms with Crippen LogP contribution in [0.5, 0.6) is 0 Å². The Morgan fingerprint density at radius 1 is 1.19 bits per heavy atom. The summed E-state index contributed by atoms with van der Waals surface area (Å²) >= 11 is 1.95. The number of hydrogen-bond acceptors (Lipinski definition) is 2. The highest BCUT2D eigenvalue weighted by atomic mass is 32.2. The fourth-order valence-corrected chi connectivity index (χ4v) is 4.34. The predicted molar refractivity (Wildman–Crippen MR) is 95.5 cm³/mol. The van der Waals surface area contributed by atoms with Crippen molar-refractivity contribution in [2.45, 2.75) is 52.8 Å². The Balaban J connectivity index is 3.33. The SMILES string of the molecule is CCCSC(CC)[N+](CC(C)C)(C(C)=O)c1ccccc1. The van der Waals surface area contributed by atoms with E-state index in [1.807, 2.05) is 30.0 Å². The van der Waals surface area contributed by atoms with E-state index in [9.17, 15) is 4.79 Å². The second-order valence-electron chi connectivity index (χ2n) is 6.03. The van der Waals surface area contributed by atoms with Gasteiger partial charge in [-0.15, -0.1) is 0 Å². The van der Waals surface area contributed by atoms with Gasteiger partial charge in [0.05, 0.1) is 13.5 Å². The maximum absolute atomic E-state index is 12.7. The average Bonchev–Trinajstić information content (AvgIpc) is 2.46. The minimum Gasteiger partial charge on any atom is -0.231 e. The average molecular weight is 309 g/mol. The predicted octanol–water partition coefficient (Wildman–Crippen LogP) is 5.08. The van der Waals surface area contributed by atoms with Crippen LogP contribution in [0.2, 0.25) is 0 Å². The van der Waals surface area contributed by atoms with Crippen molar-refractivity contribution in [3.63, 3.8) is 0 Å². The molecular weight excluding hydrogens is 278 g/mol. The molecule has 1 amide bonds. The summed E-state index contributed by atoms with van der Waals surface area (Å²) in [5.41, 5.74) is 1.13. The molecule has 0 N–H and O–H groups in total. The van der Waals surface area contributed by atoms with E-state index < -0.39 is 0 Å². The number of amides is 1. The number of hydrogen-bond donors (Lipinski definition) is 0. The molecule has 0 aromatic heterocycles. The summed E-state index contributed by atoms with van der Waals surface area (Å²) in [6.07, 6.45) is 2.15. The first-order chi connectivity index (χ1) is 9.98. The Morgan fingerprint density at radius 2 is 1.81 bits per heavy atom. The number of rotatable bonds is 8. The molecule has 0 saturated carbocycles. The summed E-state index contributed by atoms with van der Waals surface area (Å²) in [5.74, 6) is 1.84. The molecule has 21 heavy (non-hydrogen) atoms. The first-order valence-electron chi connectivity index (χ1n) is 8.05. The van der Waals surface area contributed by atoms with Gasteiger partial charge in [-0.25, -0.2) is 9.28 Å². The van der Waals surface area contributed by atoms with Crippen molar-refractivity contribution >= 4 is 23.4 Å². The minimum absolute atomic E-state index is 0.255. The lowest BCUT2D eigenvalue weighted by molar-refractivity contribution is -0.129. The van der Waals surface area contributed by atoms with Crippen LogP contribution in [0, 0.1) is 5.92 Å². The third kappa shape index (κ3) is 4.33. The number of thioether (sulfide) groups is 1. The highest BCUT2D eigenvalue weighted by molar-refractivity contribution is 7.99. The molecule has 0 aliphatic rings. The molecule has 0 fully saturated rings. The Labute approximate surface area is 134 Å². The summed E-state index contributed by atoms with van der Waals surface area (Å²) in [6.45, 7) is 11.4. The molecule has 0 saturated heterocycles. The number of quaternary nitrogens is 1. The molecule has 0 spiro atoms. The molecule has 0 radical (unpaired) electrons. The van der Waals surface area contributed by atoms with Gasteiger partial charge in [0.25, 0.3) is 0 Å². The van der Waals surface area contributed by atoms with Gasteiger partial charge in [0.15, 0.2) is 0 Å². The summed E-state index contributed by atoms with van der Waals surface area (Å²) in [4.78, 5) is 12.7. The van der Waals surface area contributed by atoms with Gasteiger partial charge >= 0.3 is 5.91 Å². The summed E-state index contributed by atoms with van der Waals surface area (Å²) in [6, 6.07) is 10.3. The van der Waals surface area contributed by atoms with Crippen LogP contribution in [0.25, 0.3) is 0 Å². The molecule has 118 valence electrons. The lowest BCUT2D eigenvalue weighted by atomic mass is 10.1. The molecular formula is C18H30NOS+. The van der Waals surface area contributed by atoms with Crippen molar-refractivity contribution in [1.82, 2.24) is 4.48 Å². The van der Waals surface area contributed by atoms with Gasteiger partial charge in [-0.05, 0) is 24.3 Å². The molecule has 0 bridgehead atoms. The van der Waals surface area contributed by atoms with Gasteiger partial charge in [0.2, 0.25) is 0 Å². The summed E-state index contributed by atoms with van der Waals surface area (Å²) < 4.78 is 0.472. The third-order valence-electron chi connectivity index (χ3n) is 3.79. The molecule has 1 aromatic carbocycles. The number of carbonyl (C=O) groups excluding carboxylic acids is 1. The Bertz CT molecular complexity index is 432. The van der Waals surface area contributed by atoms with E-state index in [1.54, 1.807) is 6.92 Å². The first-order valence-corrected chi connectivity index (χ1v) is 9.09.